The minimum atomic E-state index is -1.14. The molecule has 2 aromatic rings. The number of rotatable bonds is 3. The van der Waals surface area contributed by atoms with Crippen LogP contribution in [0, 0.1) is 5.82 Å². The predicted octanol–water partition coefficient (Wildman–Crippen LogP) is 2.94. The van der Waals surface area contributed by atoms with Crippen LogP contribution in [0.15, 0.2) is 48.0 Å². The Hall–Kier alpha value is -3.15. The van der Waals surface area contributed by atoms with Gasteiger partial charge in [-0.2, -0.15) is 0 Å². The van der Waals surface area contributed by atoms with Crippen LogP contribution in [-0.2, 0) is 4.79 Å². The molecule has 0 aromatic heterocycles. The molecule has 1 aliphatic heterocycles. The van der Waals surface area contributed by atoms with Crippen molar-refractivity contribution in [3.8, 4) is 5.75 Å². The first-order valence-corrected chi connectivity index (χ1v) is 6.81. The summed E-state index contributed by atoms with van der Waals surface area (Å²) in [5, 5.41) is 11.7. The van der Waals surface area contributed by atoms with Crippen LogP contribution in [0.1, 0.15) is 15.9 Å². The van der Waals surface area contributed by atoms with Crippen LogP contribution in [0.25, 0.3) is 6.08 Å². The van der Waals surface area contributed by atoms with Crippen molar-refractivity contribution in [2.75, 3.05) is 11.9 Å². The van der Waals surface area contributed by atoms with Crippen molar-refractivity contribution in [2.45, 2.75) is 0 Å². The number of carbonyl (C=O) groups is 2. The zero-order chi connectivity index (χ0) is 16.4. The first-order valence-electron chi connectivity index (χ1n) is 6.81. The third-order valence-electron chi connectivity index (χ3n) is 3.38. The Morgan fingerprint density at radius 3 is 2.74 bits per heavy atom. The van der Waals surface area contributed by atoms with E-state index in [2.05, 4.69) is 5.32 Å². The van der Waals surface area contributed by atoms with Gasteiger partial charge in [0.2, 0.25) is 0 Å². The summed E-state index contributed by atoms with van der Waals surface area (Å²) < 4.78 is 18.7. The number of benzene rings is 2. The lowest BCUT2D eigenvalue weighted by Crippen LogP contribution is -2.22. The van der Waals surface area contributed by atoms with Crippen molar-refractivity contribution < 1.29 is 23.8 Å². The number of anilines is 1. The normalized spacial score (nSPS) is 12.7. The minimum Gasteiger partial charge on any atom is -0.488 e. The van der Waals surface area contributed by atoms with Gasteiger partial charge in [0, 0.05) is 5.56 Å². The van der Waals surface area contributed by atoms with Gasteiger partial charge in [0.1, 0.15) is 18.2 Å². The van der Waals surface area contributed by atoms with E-state index in [4.69, 9.17) is 9.84 Å². The van der Waals surface area contributed by atoms with Crippen molar-refractivity contribution in [1.82, 2.24) is 0 Å². The molecule has 3 rings (SSSR count). The largest absolute Gasteiger partial charge is 0.488 e. The van der Waals surface area contributed by atoms with E-state index in [0.717, 1.165) is 0 Å². The van der Waals surface area contributed by atoms with Crippen molar-refractivity contribution in [3.05, 3.63) is 65.0 Å². The Morgan fingerprint density at radius 2 is 1.96 bits per heavy atom. The third-order valence-corrected chi connectivity index (χ3v) is 3.38. The highest BCUT2D eigenvalue weighted by atomic mass is 19.1. The maximum Gasteiger partial charge on any atom is 0.337 e. The summed E-state index contributed by atoms with van der Waals surface area (Å²) in [5.74, 6) is -1.56. The summed E-state index contributed by atoms with van der Waals surface area (Å²) in [7, 11) is 0. The Morgan fingerprint density at radius 1 is 1.17 bits per heavy atom. The van der Waals surface area contributed by atoms with Crippen LogP contribution in [0.5, 0.6) is 5.75 Å². The van der Waals surface area contributed by atoms with Crippen LogP contribution >= 0.6 is 0 Å². The molecule has 1 aliphatic rings. The fraction of sp³-hybridized carbons (Fsp3) is 0.0588. The number of nitrogens with one attached hydrogen (secondary N) is 1. The smallest absolute Gasteiger partial charge is 0.337 e. The fourth-order valence-electron chi connectivity index (χ4n) is 2.26. The molecule has 2 aromatic carbocycles. The number of para-hydroxylation sites is 1. The standard InChI is InChI=1S/C17H12FNO4/c18-12-5-6-15-10(8-12)7-11(9-23-15)16(20)19-14-4-2-1-3-13(14)17(21)22/h1-8H,9H2,(H,19,20)(H,21,22). The van der Waals surface area contributed by atoms with E-state index >= 15 is 0 Å². The molecule has 0 atom stereocenters. The molecule has 0 saturated carbocycles. The maximum atomic E-state index is 13.3. The molecule has 0 unspecified atom stereocenters. The topological polar surface area (TPSA) is 75.6 Å². The second-order valence-corrected chi connectivity index (χ2v) is 4.95. The predicted molar refractivity (Wildman–Crippen MR) is 81.9 cm³/mol. The Bertz CT molecular complexity index is 829. The van der Waals surface area contributed by atoms with E-state index in [1.165, 1.54) is 36.4 Å². The van der Waals surface area contributed by atoms with Crippen molar-refractivity contribution in [3.63, 3.8) is 0 Å². The number of carbonyl (C=O) groups excluding carboxylic acids is 1. The average Bonchev–Trinajstić information content (AvgIpc) is 2.54. The number of hydrogen-bond donors (Lipinski definition) is 2. The number of ether oxygens (including phenoxy) is 1. The van der Waals surface area contributed by atoms with Gasteiger partial charge in [0.15, 0.2) is 0 Å². The van der Waals surface area contributed by atoms with Crippen LogP contribution < -0.4 is 10.1 Å². The molecular weight excluding hydrogens is 301 g/mol. The van der Waals surface area contributed by atoms with E-state index in [-0.39, 0.29) is 23.4 Å². The molecule has 0 spiro atoms. The van der Waals surface area contributed by atoms with Crippen LogP contribution in [0.2, 0.25) is 0 Å². The van der Waals surface area contributed by atoms with Crippen molar-refractivity contribution >= 4 is 23.6 Å². The molecule has 0 fully saturated rings. The summed E-state index contributed by atoms with van der Waals surface area (Å²) in [6.07, 6.45) is 1.53. The monoisotopic (exact) mass is 313 g/mol. The summed E-state index contributed by atoms with van der Waals surface area (Å²) in [5.41, 5.74) is 0.928. The van der Waals surface area contributed by atoms with Gasteiger partial charge in [-0.1, -0.05) is 12.1 Å². The van der Waals surface area contributed by atoms with Gasteiger partial charge in [-0.3, -0.25) is 4.79 Å². The van der Waals surface area contributed by atoms with Gasteiger partial charge in [-0.05, 0) is 36.4 Å². The summed E-state index contributed by atoms with van der Waals surface area (Å²) in [6, 6.07) is 10.1. The maximum absolute atomic E-state index is 13.3. The molecule has 0 aliphatic carbocycles. The number of amides is 1. The van der Waals surface area contributed by atoms with Gasteiger partial charge in [0.05, 0.1) is 16.8 Å². The molecule has 2 N–H and O–H groups in total. The lowest BCUT2D eigenvalue weighted by Gasteiger charge is -2.18. The molecule has 0 saturated heterocycles. The quantitative estimate of drug-likeness (QED) is 0.913. The van der Waals surface area contributed by atoms with E-state index < -0.39 is 17.7 Å². The zero-order valence-corrected chi connectivity index (χ0v) is 11.9. The van der Waals surface area contributed by atoms with Gasteiger partial charge in [-0.15, -0.1) is 0 Å². The third kappa shape index (κ3) is 3.06. The number of halogens is 1. The van der Waals surface area contributed by atoms with Gasteiger partial charge in [-0.25, -0.2) is 9.18 Å². The Kier molecular flexibility index (Phi) is 3.80. The highest BCUT2D eigenvalue weighted by Crippen LogP contribution is 2.27. The zero-order valence-electron chi connectivity index (χ0n) is 11.9. The first kappa shape index (κ1) is 14.8. The molecule has 6 heteroatoms. The molecule has 5 nitrogen and oxygen atoms in total. The molecule has 23 heavy (non-hydrogen) atoms. The number of hydrogen-bond acceptors (Lipinski definition) is 3. The van der Waals surface area contributed by atoms with Crippen molar-refractivity contribution in [1.29, 1.82) is 0 Å². The highest BCUT2D eigenvalue weighted by Gasteiger charge is 2.19. The molecule has 1 amide bonds. The van der Waals surface area contributed by atoms with Gasteiger partial charge < -0.3 is 15.2 Å². The number of carboxylic acids is 1. The highest BCUT2D eigenvalue weighted by molar-refractivity contribution is 6.10. The fourth-order valence-corrected chi connectivity index (χ4v) is 2.26. The molecule has 0 bridgehead atoms. The molecule has 1 heterocycles. The van der Waals surface area contributed by atoms with E-state index in [9.17, 15) is 14.0 Å². The van der Waals surface area contributed by atoms with E-state index in [1.807, 2.05) is 0 Å². The molecular formula is C17H12FNO4. The van der Waals surface area contributed by atoms with E-state index in [1.54, 1.807) is 12.1 Å². The Labute approximate surface area is 131 Å². The Balaban J connectivity index is 1.86. The SMILES string of the molecule is O=C(Nc1ccccc1C(=O)O)C1=Cc2cc(F)ccc2OC1. The van der Waals surface area contributed by atoms with Crippen LogP contribution in [-0.4, -0.2) is 23.6 Å². The van der Waals surface area contributed by atoms with E-state index in [0.29, 0.717) is 11.3 Å². The van der Waals surface area contributed by atoms with Crippen LogP contribution in [0.3, 0.4) is 0 Å². The molecule has 0 radical (unpaired) electrons. The lowest BCUT2D eigenvalue weighted by molar-refractivity contribution is -0.113. The summed E-state index contributed by atoms with van der Waals surface area (Å²) in [4.78, 5) is 23.4. The number of aromatic carboxylic acids is 1. The van der Waals surface area contributed by atoms with Crippen LogP contribution in [0.4, 0.5) is 10.1 Å². The minimum absolute atomic E-state index is 0.00961. The summed E-state index contributed by atoms with van der Waals surface area (Å²) in [6.45, 7) is 0.0275. The van der Waals surface area contributed by atoms with Gasteiger partial charge in [0.25, 0.3) is 5.91 Å². The number of carboxylic acid groups (broad SMARTS) is 1. The molecule has 116 valence electrons. The number of fused-ring (bicyclic) bond motifs is 1. The average molecular weight is 313 g/mol. The second-order valence-electron chi connectivity index (χ2n) is 4.95. The lowest BCUT2D eigenvalue weighted by atomic mass is 10.1. The van der Waals surface area contributed by atoms with Crippen molar-refractivity contribution in [2.24, 2.45) is 0 Å². The first-order chi connectivity index (χ1) is 11.0. The summed E-state index contributed by atoms with van der Waals surface area (Å²) >= 11 is 0. The van der Waals surface area contributed by atoms with Gasteiger partial charge >= 0.3 is 5.97 Å². The second kappa shape index (κ2) is 5.92.